The van der Waals surface area contributed by atoms with Crippen LogP contribution in [0.25, 0.3) is 0 Å². The van der Waals surface area contributed by atoms with Crippen LogP contribution in [0.2, 0.25) is 0 Å². The minimum Gasteiger partial charge on any atom is -0.478 e. The molecule has 0 saturated carbocycles. The SMILES string of the molecule is O=C(O)c1c[nH]c(=O)c(Cc2ccc(Cc3ccc[nH]c3=O)cc2)c1. The quantitative estimate of drug-likeness (QED) is 0.662. The van der Waals surface area contributed by atoms with Gasteiger partial charge in [-0.2, -0.15) is 0 Å². The van der Waals surface area contributed by atoms with Gasteiger partial charge in [-0.05, 0) is 23.3 Å². The number of nitrogens with one attached hydrogen (secondary N) is 2. The van der Waals surface area contributed by atoms with Gasteiger partial charge >= 0.3 is 5.97 Å². The Balaban J connectivity index is 1.78. The van der Waals surface area contributed by atoms with Gasteiger partial charge < -0.3 is 15.1 Å². The summed E-state index contributed by atoms with van der Waals surface area (Å²) >= 11 is 0. The zero-order chi connectivity index (χ0) is 17.8. The number of aromatic nitrogens is 2. The van der Waals surface area contributed by atoms with Crippen molar-refractivity contribution < 1.29 is 9.90 Å². The highest BCUT2D eigenvalue weighted by molar-refractivity contribution is 5.87. The molecule has 6 heteroatoms. The third-order valence-electron chi connectivity index (χ3n) is 3.94. The van der Waals surface area contributed by atoms with E-state index in [1.807, 2.05) is 24.3 Å². The van der Waals surface area contributed by atoms with Gasteiger partial charge in [0.2, 0.25) is 0 Å². The van der Waals surface area contributed by atoms with E-state index in [0.717, 1.165) is 11.1 Å². The highest BCUT2D eigenvalue weighted by atomic mass is 16.4. The van der Waals surface area contributed by atoms with Crippen LogP contribution in [-0.4, -0.2) is 21.0 Å². The van der Waals surface area contributed by atoms with E-state index >= 15 is 0 Å². The molecule has 0 spiro atoms. The monoisotopic (exact) mass is 336 g/mol. The summed E-state index contributed by atoms with van der Waals surface area (Å²) in [6.45, 7) is 0. The van der Waals surface area contributed by atoms with Crippen LogP contribution in [-0.2, 0) is 12.8 Å². The molecule has 0 bridgehead atoms. The first-order valence-corrected chi connectivity index (χ1v) is 7.72. The van der Waals surface area contributed by atoms with E-state index in [1.165, 1.54) is 12.3 Å². The fraction of sp³-hybridized carbons (Fsp3) is 0.105. The molecule has 6 nitrogen and oxygen atoms in total. The standard InChI is InChI=1S/C19H16N2O4/c22-17-14(2-1-7-20-17)8-12-3-5-13(6-4-12)9-15-10-16(19(24)25)11-21-18(15)23/h1-7,10-11H,8-9H2,(H,20,22)(H,21,23)(H,24,25). The number of aromatic amines is 2. The van der Waals surface area contributed by atoms with Crippen LogP contribution in [0, 0.1) is 0 Å². The summed E-state index contributed by atoms with van der Waals surface area (Å²) in [5.41, 5.74) is 2.59. The molecule has 0 unspecified atom stereocenters. The molecule has 126 valence electrons. The van der Waals surface area contributed by atoms with E-state index in [1.54, 1.807) is 18.3 Å². The smallest absolute Gasteiger partial charge is 0.337 e. The van der Waals surface area contributed by atoms with Crippen molar-refractivity contribution in [2.45, 2.75) is 12.8 Å². The Bertz CT molecular complexity index is 1020. The first-order valence-electron chi connectivity index (χ1n) is 7.72. The van der Waals surface area contributed by atoms with Gasteiger partial charge in [0, 0.05) is 36.4 Å². The number of H-pyrrole nitrogens is 2. The largest absolute Gasteiger partial charge is 0.478 e. The van der Waals surface area contributed by atoms with E-state index in [9.17, 15) is 14.4 Å². The van der Waals surface area contributed by atoms with E-state index < -0.39 is 5.97 Å². The van der Waals surface area contributed by atoms with E-state index in [0.29, 0.717) is 24.0 Å². The fourth-order valence-corrected chi connectivity index (χ4v) is 2.60. The third-order valence-corrected chi connectivity index (χ3v) is 3.94. The van der Waals surface area contributed by atoms with Crippen LogP contribution >= 0.6 is 0 Å². The summed E-state index contributed by atoms with van der Waals surface area (Å²) in [5.74, 6) is -1.08. The van der Waals surface area contributed by atoms with Gasteiger partial charge in [0.25, 0.3) is 11.1 Å². The number of carboxylic acid groups (broad SMARTS) is 1. The van der Waals surface area contributed by atoms with Crippen LogP contribution in [0.1, 0.15) is 32.6 Å². The van der Waals surface area contributed by atoms with E-state index in [4.69, 9.17) is 5.11 Å². The molecule has 0 aliphatic rings. The molecule has 2 aromatic heterocycles. The second-order valence-electron chi connectivity index (χ2n) is 5.74. The number of aromatic carboxylic acids is 1. The molecule has 0 radical (unpaired) electrons. The minimum absolute atomic E-state index is 0.0505. The average Bonchev–Trinajstić information content (AvgIpc) is 2.60. The molecular formula is C19H16N2O4. The number of rotatable bonds is 5. The number of benzene rings is 1. The summed E-state index contributed by atoms with van der Waals surface area (Å²) in [5, 5.41) is 9.02. The van der Waals surface area contributed by atoms with Crippen LogP contribution in [0.15, 0.2) is 64.4 Å². The molecule has 0 atom stereocenters. The maximum absolute atomic E-state index is 11.9. The number of hydrogen-bond acceptors (Lipinski definition) is 3. The predicted octanol–water partition coefficient (Wildman–Crippen LogP) is 1.94. The van der Waals surface area contributed by atoms with Gasteiger partial charge in [0.05, 0.1) is 5.56 Å². The Kier molecular flexibility index (Phi) is 4.61. The molecule has 3 N–H and O–H groups in total. The van der Waals surface area contributed by atoms with Crippen LogP contribution in [0.4, 0.5) is 0 Å². The molecule has 0 saturated heterocycles. The highest BCUT2D eigenvalue weighted by Gasteiger charge is 2.08. The van der Waals surface area contributed by atoms with Gasteiger partial charge in [0.1, 0.15) is 0 Å². The van der Waals surface area contributed by atoms with Gasteiger partial charge in [0.15, 0.2) is 0 Å². The van der Waals surface area contributed by atoms with Gasteiger partial charge in [-0.25, -0.2) is 4.79 Å². The van der Waals surface area contributed by atoms with Crippen molar-refractivity contribution in [3.05, 3.63) is 103 Å². The molecule has 0 fully saturated rings. The molecule has 1 aromatic carbocycles. The predicted molar refractivity (Wildman–Crippen MR) is 93.1 cm³/mol. The summed E-state index contributed by atoms with van der Waals surface area (Å²) < 4.78 is 0. The number of carboxylic acids is 1. The zero-order valence-corrected chi connectivity index (χ0v) is 13.3. The summed E-state index contributed by atoms with van der Waals surface area (Å²) in [7, 11) is 0. The first kappa shape index (κ1) is 16.4. The topological polar surface area (TPSA) is 103 Å². The maximum atomic E-state index is 11.9. The zero-order valence-electron chi connectivity index (χ0n) is 13.3. The first-order chi connectivity index (χ1) is 12.0. The average molecular weight is 336 g/mol. The molecule has 3 rings (SSSR count). The van der Waals surface area contributed by atoms with E-state index in [2.05, 4.69) is 9.97 Å². The Morgan fingerprint density at radius 2 is 1.48 bits per heavy atom. The maximum Gasteiger partial charge on any atom is 0.337 e. The van der Waals surface area contributed by atoms with Crippen molar-refractivity contribution in [2.24, 2.45) is 0 Å². The summed E-state index contributed by atoms with van der Waals surface area (Å²) in [6, 6.07) is 12.5. The lowest BCUT2D eigenvalue weighted by molar-refractivity contribution is 0.0696. The number of carbonyl (C=O) groups is 1. The Morgan fingerprint density at radius 1 is 0.880 bits per heavy atom. The summed E-state index contributed by atoms with van der Waals surface area (Å²) in [6.07, 6.45) is 3.64. The number of pyridine rings is 2. The molecule has 0 amide bonds. The van der Waals surface area contributed by atoms with Crippen molar-refractivity contribution in [2.75, 3.05) is 0 Å². The van der Waals surface area contributed by atoms with Crippen molar-refractivity contribution >= 4 is 5.97 Å². The molecular weight excluding hydrogens is 320 g/mol. The third kappa shape index (κ3) is 3.92. The fourth-order valence-electron chi connectivity index (χ4n) is 2.60. The lowest BCUT2D eigenvalue weighted by Crippen LogP contribution is -2.15. The second-order valence-corrected chi connectivity index (χ2v) is 5.74. The Hall–Kier alpha value is -3.41. The van der Waals surface area contributed by atoms with Gasteiger partial charge in [-0.1, -0.05) is 30.3 Å². The van der Waals surface area contributed by atoms with E-state index in [-0.39, 0.29) is 16.7 Å². The Morgan fingerprint density at radius 3 is 2.08 bits per heavy atom. The van der Waals surface area contributed by atoms with Crippen molar-refractivity contribution in [3.8, 4) is 0 Å². The van der Waals surface area contributed by atoms with Crippen LogP contribution in [0.3, 0.4) is 0 Å². The molecule has 0 aliphatic carbocycles. The lowest BCUT2D eigenvalue weighted by atomic mass is 10.0. The molecule has 3 aromatic rings. The van der Waals surface area contributed by atoms with Gasteiger partial charge in [-0.3, -0.25) is 9.59 Å². The summed E-state index contributed by atoms with van der Waals surface area (Å²) in [4.78, 5) is 39.7. The normalized spacial score (nSPS) is 10.6. The lowest BCUT2D eigenvalue weighted by Gasteiger charge is -2.05. The molecule has 0 aliphatic heterocycles. The van der Waals surface area contributed by atoms with Crippen LogP contribution < -0.4 is 11.1 Å². The molecule has 2 heterocycles. The van der Waals surface area contributed by atoms with Gasteiger partial charge in [-0.15, -0.1) is 0 Å². The van der Waals surface area contributed by atoms with Crippen molar-refractivity contribution in [1.82, 2.24) is 9.97 Å². The Labute approximate surface area is 142 Å². The highest BCUT2D eigenvalue weighted by Crippen LogP contribution is 2.12. The number of hydrogen-bond donors (Lipinski definition) is 3. The van der Waals surface area contributed by atoms with Crippen molar-refractivity contribution in [3.63, 3.8) is 0 Å². The molecule has 25 heavy (non-hydrogen) atoms. The second kappa shape index (κ2) is 7.00. The van der Waals surface area contributed by atoms with Crippen LogP contribution in [0.5, 0.6) is 0 Å². The minimum atomic E-state index is -1.08. The van der Waals surface area contributed by atoms with Crippen molar-refractivity contribution in [1.29, 1.82) is 0 Å².